The summed E-state index contributed by atoms with van der Waals surface area (Å²) in [5, 5.41) is 8.86. The van der Waals surface area contributed by atoms with E-state index in [4.69, 9.17) is 5.26 Å². The van der Waals surface area contributed by atoms with Gasteiger partial charge in [-0.25, -0.2) is 9.59 Å². The van der Waals surface area contributed by atoms with Crippen molar-refractivity contribution in [2.75, 3.05) is 31.6 Å². The largest absolute Gasteiger partial charge is 0.465 e. The molecule has 2 aromatic rings. The molecule has 0 unspecified atom stereocenters. The average Bonchev–Trinajstić information content (AvgIpc) is 3.06. The predicted octanol–water partition coefficient (Wildman–Crippen LogP) is 2.83. The van der Waals surface area contributed by atoms with Crippen LogP contribution in [0.4, 0.5) is 10.5 Å². The Kier molecular flexibility index (Phi) is 5.18. The number of hydrogen-bond acceptors (Lipinski definition) is 4. The number of nitriles is 1. The summed E-state index contributed by atoms with van der Waals surface area (Å²) in [7, 11) is 1.36. The van der Waals surface area contributed by atoms with Crippen molar-refractivity contribution in [3.05, 3.63) is 65.2 Å². The summed E-state index contributed by atoms with van der Waals surface area (Å²) in [4.78, 5) is 27.6. The maximum absolute atomic E-state index is 12.6. The molecule has 1 saturated heterocycles. The first-order valence-electron chi connectivity index (χ1n) is 8.36. The van der Waals surface area contributed by atoms with Gasteiger partial charge in [-0.05, 0) is 48.4 Å². The number of ether oxygens (including phenoxy) is 1. The Bertz CT molecular complexity index is 838. The van der Waals surface area contributed by atoms with Crippen LogP contribution in [0.5, 0.6) is 0 Å². The highest BCUT2D eigenvalue weighted by molar-refractivity contribution is 5.94. The van der Waals surface area contributed by atoms with Crippen molar-refractivity contribution in [1.82, 2.24) is 4.90 Å². The van der Waals surface area contributed by atoms with Gasteiger partial charge in [0, 0.05) is 25.3 Å². The fourth-order valence-electron chi connectivity index (χ4n) is 2.94. The molecule has 2 aromatic carbocycles. The Balaban J connectivity index is 1.58. The van der Waals surface area contributed by atoms with E-state index in [-0.39, 0.29) is 12.0 Å². The zero-order valence-electron chi connectivity index (χ0n) is 14.5. The Morgan fingerprint density at radius 3 is 2.42 bits per heavy atom. The first-order valence-corrected chi connectivity index (χ1v) is 8.36. The SMILES string of the molecule is COC(=O)c1ccc(CCN2CCN(c3ccc(C#N)cc3)C2=O)cc1. The van der Waals surface area contributed by atoms with Crippen LogP contribution in [0.15, 0.2) is 48.5 Å². The monoisotopic (exact) mass is 349 g/mol. The number of carbonyl (C=O) groups excluding carboxylic acids is 2. The molecule has 0 radical (unpaired) electrons. The third-order valence-electron chi connectivity index (χ3n) is 4.45. The Hall–Kier alpha value is -3.33. The normalized spacial score (nSPS) is 13.6. The smallest absolute Gasteiger partial charge is 0.337 e. The van der Waals surface area contributed by atoms with Crippen molar-refractivity contribution in [2.24, 2.45) is 0 Å². The summed E-state index contributed by atoms with van der Waals surface area (Å²) < 4.78 is 4.68. The van der Waals surface area contributed by atoms with Crippen molar-refractivity contribution >= 4 is 17.7 Å². The number of anilines is 1. The summed E-state index contributed by atoms with van der Waals surface area (Å²) in [6.07, 6.45) is 0.717. The lowest BCUT2D eigenvalue weighted by Gasteiger charge is -2.18. The first kappa shape index (κ1) is 17.5. The lowest BCUT2D eigenvalue weighted by atomic mass is 10.1. The highest BCUT2D eigenvalue weighted by Crippen LogP contribution is 2.21. The summed E-state index contributed by atoms with van der Waals surface area (Å²) >= 11 is 0. The van der Waals surface area contributed by atoms with E-state index >= 15 is 0 Å². The van der Waals surface area contributed by atoms with Crippen LogP contribution >= 0.6 is 0 Å². The predicted molar refractivity (Wildman–Crippen MR) is 97.0 cm³/mol. The quantitative estimate of drug-likeness (QED) is 0.778. The van der Waals surface area contributed by atoms with E-state index in [2.05, 4.69) is 10.8 Å². The number of hydrogen-bond donors (Lipinski definition) is 0. The molecule has 0 bridgehead atoms. The minimum atomic E-state index is -0.357. The number of amides is 2. The van der Waals surface area contributed by atoms with Gasteiger partial charge < -0.3 is 9.64 Å². The van der Waals surface area contributed by atoms with Gasteiger partial charge in [0.15, 0.2) is 0 Å². The highest BCUT2D eigenvalue weighted by Gasteiger charge is 2.29. The van der Waals surface area contributed by atoms with Crippen LogP contribution in [-0.2, 0) is 11.2 Å². The molecule has 0 saturated carbocycles. The van der Waals surface area contributed by atoms with Crippen LogP contribution in [0.1, 0.15) is 21.5 Å². The zero-order valence-corrected chi connectivity index (χ0v) is 14.5. The van der Waals surface area contributed by atoms with Crippen LogP contribution in [0.25, 0.3) is 0 Å². The first-order chi connectivity index (χ1) is 12.6. The number of esters is 1. The minimum Gasteiger partial charge on any atom is -0.465 e. The van der Waals surface area contributed by atoms with Crippen molar-refractivity contribution in [3.63, 3.8) is 0 Å². The van der Waals surface area contributed by atoms with Gasteiger partial charge in [0.25, 0.3) is 0 Å². The maximum Gasteiger partial charge on any atom is 0.337 e. The third-order valence-corrected chi connectivity index (χ3v) is 4.45. The lowest BCUT2D eigenvalue weighted by molar-refractivity contribution is 0.0600. The van der Waals surface area contributed by atoms with Gasteiger partial charge in [0.05, 0.1) is 24.3 Å². The van der Waals surface area contributed by atoms with Crippen molar-refractivity contribution < 1.29 is 14.3 Å². The minimum absolute atomic E-state index is 0.0270. The summed E-state index contributed by atoms with van der Waals surface area (Å²) in [6, 6.07) is 16.3. The van der Waals surface area contributed by atoms with E-state index in [1.165, 1.54) is 7.11 Å². The number of rotatable bonds is 5. The molecule has 132 valence electrons. The third kappa shape index (κ3) is 3.67. The zero-order chi connectivity index (χ0) is 18.5. The maximum atomic E-state index is 12.6. The van der Waals surface area contributed by atoms with Gasteiger partial charge in [-0.2, -0.15) is 5.26 Å². The van der Waals surface area contributed by atoms with Crippen LogP contribution in [0.2, 0.25) is 0 Å². The Morgan fingerprint density at radius 1 is 1.12 bits per heavy atom. The molecule has 3 rings (SSSR count). The van der Waals surface area contributed by atoms with E-state index in [0.717, 1.165) is 11.3 Å². The summed E-state index contributed by atoms with van der Waals surface area (Å²) in [5.41, 5.74) is 2.95. The average molecular weight is 349 g/mol. The second-order valence-electron chi connectivity index (χ2n) is 6.02. The van der Waals surface area contributed by atoms with Gasteiger partial charge in [-0.1, -0.05) is 12.1 Å². The Labute approximate surface area is 152 Å². The van der Waals surface area contributed by atoms with E-state index in [9.17, 15) is 9.59 Å². The number of carbonyl (C=O) groups is 2. The molecule has 0 spiro atoms. The second-order valence-corrected chi connectivity index (χ2v) is 6.02. The molecule has 0 N–H and O–H groups in total. The molecule has 0 aliphatic carbocycles. The van der Waals surface area contributed by atoms with E-state index in [0.29, 0.717) is 37.2 Å². The molecule has 1 aliphatic heterocycles. The lowest BCUT2D eigenvalue weighted by Crippen LogP contribution is -2.33. The number of methoxy groups -OCH3 is 1. The molecular weight excluding hydrogens is 330 g/mol. The summed E-state index contributed by atoms with van der Waals surface area (Å²) in [5.74, 6) is -0.357. The second kappa shape index (κ2) is 7.70. The number of nitrogens with zero attached hydrogens (tertiary/aromatic N) is 3. The topological polar surface area (TPSA) is 73.6 Å². The Morgan fingerprint density at radius 2 is 1.81 bits per heavy atom. The molecule has 6 heteroatoms. The standard InChI is InChI=1S/C20H19N3O3/c1-26-19(24)17-6-2-15(3-7-17)10-11-22-12-13-23(20(22)25)18-8-4-16(14-21)5-9-18/h2-9H,10-13H2,1H3. The molecule has 0 atom stereocenters. The van der Waals surface area contributed by atoms with Gasteiger partial charge in [0.2, 0.25) is 0 Å². The van der Waals surface area contributed by atoms with Crippen LogP contribution < -0.4 is 4.90 Å². The van der Waals surface area contributed by atoms with Crippen molar-refractivity contribution in [1.29, 1.82) is 5.26 Å². The van der Waals surface area contributed by atoms with Gasteiger partial charge in [-0.15, -0.1) is 0 Å². The molecule has 2 amide bonds. The fraction of sp³-hybridized carbons (Fsp3) is 0.250. The highest BCUT2D eigenvalue weighted by atomic mass is 16.5. The van der Waals surface area contributed by atoms with Gasteiger partial charge in [-0.3, -0.25) is 4.90 Å². The van der Waals surface area contributed by atoms with Gasteiger partial charge in [0.1, 0.15) is 0 Å². The van der Waals surface area contributed by atoms with Crippen LogP contribution in [-0.4, -0.2) is 43.6 Å². The molecule has 1 fully saturated rings. The molecule has 1 aliphatic rings. The fourth-order valence-corrected chi connectivity index (χ4v) is 2.94. The van der Waals surface area contributed by atoms with E-state index < -0.39 is 0 Å². The molecular formula is C20H19N3O3. The van der Waals surface area contributed by atoms with Gasteiger partial charge >= 0.3 is 12.0 Å². The van der Waals surface area contributed by atoms with Crippen molar-refractivity contribution in [2.45, 2.75) is 6.42 Å². The van der Waals surface area contributed by atoms with E-state index in [1.807, 2.05) is 17.0 Å². The van der Waals surface area contributed by atoms with E-state index in [1.54, 1.807) is 41.3 Å². The molecule has 26 heavy (non-hydrogen) atoms. The van der Waals surface area contributed by atoms with Crippen molar-refractivity contribution in [3.8, 4) is 6.07 Å². The van der Waals surface area contributed by atoms with Crippen LogP contribution in [0, 0.1) is 11.3 Å². The number of benzene rings is 2. The molecule has 1 heterocycles. The molecule has 0 aromatic heterocycles. The van der Waals surface area contributed by atoms with Crippen LogP contribution in [0.3, 0.4) is 0 Å². The number of urea groups is 1. The molecule has 6 nitrogen and oxygen atoms in total. The summed E-state index contributed by atoms with van der Waals surface area (Å²) in [6.45, 7) is 1.91.